The minimum absolute atomic E-state index is 0.0527. The van der Waals surface area contributed by atoms with Crippen LogP contribution in [0.5, 0.6) is 0 Å². The maximum Gasteiger partial charge on any atom is 0.151 e. The largest absolute Gasteiger partial charge is 0.308 e. The first-order valence-electron chi connectivity index (χ1n) is 7.67. The van der Waals surface area contributed by atoms with E-state index in [9.17, 15) is 8.42 Å². The number of aryl methyl sites for hydroxylation is 1. The van der Waals surface area contributed by atoms with E-state index in [-0.39, 0.29) is 17.0 Å². The lowest BCUT2D eigenvalue weighted by atomic mass is 10.1. The van der Waals surface area contributed by atoms with Gasteiger partial charge in [0, 0.05) is 29.1 Å². The van der Waals surface area contributed by atoms with Crippen LogP contribution < -0.4 is 5.32 Å². The molecule has 1 aromatic rings. The van der Waals surface area contributed by atoms with Crippen molar-refractivity contribution in [1.29, 1.82) is 0 Å². The van der Waals surface area contributed by atoms with Crippen LogP contribution in [0, 0.1) is 0 Å². The summed E-state index contributed by atoms with van der Waals surface area (Å²) in [4.78, 5) is 0. The molecule has 1 rings (SSSR count). The number of rotatable bonds is 8. The SMILES string of the molecule is CCCc1c(CNC(C)(C)C)cnn1CCS(=O)(=O)CC. The molecule has 0 fully saturated rings. The Morgan fingerprint density at radius 3 is 2.48 bits per heavy atom. The van der Waals surface area contributed by atoms with Gasteiger partial charge in [-0.2, -0.15) is 5.10 Å². The number of hydrogen-bond donors (Lipinski definition) is 1. The van der Waals surface area contributed by atoms with Crippen molar-refractivity contribution in [2.75, 3.05) is 11.5 Å². The fraction of sp³-hybridized carbons (Fsp3) is 0.800. The Morgan fingerprint density at radius 2 is 1.95 bits per heavy atom. The highest BCUT2D eigenvalue weighted by molar-refractivity contribution is 7.91. The highest BCUT2D eigenvalue weighted by Crippen LogP contribution is 2.13. The highest BCUT2D eigenvalue weighted by atomic mass is 32.2. The van der Waals surface area contributed by atoms with Crippen LogP contribution >= 0.6 is 0 Å². The van der Waals surface area contributed by atoms with E-state index in [2.05, 4.69) is 38.1 Å². The zero-order valence-corrected chi connectivity index (χ0v) is 14.8. The van der Waals surface area contributed by atoms with Crippen molar-refractivity contribution >= 4 is 9.84 Å². The van der Waals surface area contributed by atoms with Gasteiger partial charge in [0.05, 0.1) is 18.5 Å². The number of hydrogen-bond acceptors (Lipinski definition) is 4. The van der Waals surface area contributed by atoms with E-state index >= 15 is 0 Å². The van der Waals surface area contributed by atoms with Crippen LogP contribution in [0.2, 0.25) is 0 Å². The van der Waals surface area contributed by atoms with E-state index < -0.39 is 9.84 Å². The van der Waals surface area contributed by atoms with Crippen molar-refractivity contribution in [3.8, 4) is 0 Å². The van der Waals surface area contributed by atoms with Gasteiger partial charge in [-0.1, -0.05) is 20.3 Å². The molecule has 0 radical (unpaired) electrons. The van der Waals surface area contributed by atoms with Crippen LogP contribution in [0.1, 0.15) is 52.3 Å². The predicted molar refractivity (Wildman–Crippen MR) is 87.1 cm³/mol. The summed E-state index contributed by atoms with van der Waals surface area (Å²) in [6.07, 6.45) is 3.81. The Kier molecular flexibility index (Phi) is 6.41. The second-order valence-electron chi connectivity index (χ2n) is 6.43. The monoisotopic (exact) mass is 315 g/mol. The minimum atomic E-state index is -2.95. The molecule has 1 heterocycles. The van der Waals surface area contributed by atoms with Crippen molar-refractivity contribution in [3.63, 3.8) is 0 Å². The minimum Gasteiger partial charge on any atom is -0.308 e. The van der Waals surface area contributed by atoms with Crippen LogP contribution in [0.4, 0.5) is 0 Å². The predicted octanol–water partition coefficient (Wildman–Crippen LogP) is 2.16. The fourth-order valence-electron chi connectivity index (χ4n) is 2.05. The standard InChI is InChI=1S/C15H29N3O2S/c1-6-8-14-13(11-16-15(3,4)5)12-17-18(14)9-10-21(19,20)7-2/h12,16H,6-11H2,1-5H3. The summed E-state index contributed by atoms with van der Waals surface area (Å²) in [6, 6.07) is 0. The van der Waals surface area contributed by atoms with E-state index in [4.69, 9.17) is 0 Å². The number of sulfone groups is 1. The van der Waals surface area contributed by atoms with E-state index in [0.717, 1.165) is 25.1 Å². The zero-order chi connectivity index (χ0) is 16.1. The number of aromatic nitrogens is 2. The van der Waals surface area contributed by atoms with Crippen molar-refractivity contribution in [1.82, 2.24) is 15.1 Å². The zero-order valence-electron chi connectivity index (χ0n) is 13.9. The Balaban J connectivity index is 2.83. The van der Waals surface area contributed by atoms with Crippen molar-refractivity contribution in [3.05, 3.63) is 17.5 Å². The first kappa shape index (κ1) is 18.2. The molecule has 5 nitrogen and oxygen atoms in total. The van der Waals surface area contributed by atoms with Gasteiger partial charge < -0.3 is 5.32 Å². The van der Waals surface area contributed by atoms with Gasteiger partial charge in [0.15, 0.2) is 9.84 Å². The summed E-state index contributed by atoms with van der Waals surface area (Å²) in [5, 5.41) is 7.85. The van der Waals surface area contributed by atoms with Crippen LogP contribution in [0.25, 0.3) is 0 Å². The first-order chi connectivity index (χ1) is 9.68. The molecule has 0 aliphatic carbocycles. The van der Waals surface area contributed by atoms with Crippen molar-refractivity contribution < 1.29 is 8.42 Å². The normalized spacial score (nSPS) is 12.8. The molecular formula is C15H29N3O2S. The molecule has 0 saturated heterocycles. The molecule has 0 saturated carbocycles. The molecule has 6 heteroatoms. The maximum absolute atomic E-state index is 11.7. The Bertz CT molecular complexity index is 542. The third-order valence-electron chi connectivity index (χ3n) is 3.39. The summed E-state index contributed by atoms with van der Waals surface area (Å²) in [5.41, 5.74) is 2.37. The van der Waals surface area contributed by atoms with Crippen LogP contribution in [-0.2, 0) is 29.3 Å². The molecule has 1 N–H and O–H groups in total. The summed E-state index contributed by atoms with van der Waals surface area (Å²) in [6.45, 7) is 11.4. The summed E-state index contributed by atoms with van der Waals surface area (Å²) in [7, 11) is -2.95. The summed E-state index contributed by atoms with van der Waals surface area (Å²) >= 11 is 0. The second-order valence-corrected chi connectivity index (χ2v) is 8.90. The average molecular weight is 315 g/mol. The smallest absolute Gasteiger partial charge is 0.151 e. The Labute approximate surface area is 129 Å². The van der Waals surface area contributed by atoms with Gasteiger partial charge in [-0.15, -0.1) is 0 Å². The van der Waals surface area contributed by atoms with Crippen molar-refractivity contribution in [2.45, 2.75) is 66.1 Å². The van der Waals surface area contributed by atoms with Gasteiger partial charge in [0.25, 0.3) is 0 Å². The molecule has 122 valence electrons. The lowest BCUT2D eigenvalue weighted by Crippen LogP contribution is -2.35. The summed E-state index contributed by atoms with van der Waals surface area (Å²) < 4.78 is 25.2. The van der Waals surface area contributed by atoms with Gasteiger partial charge in [0.1, 0.15) is 0 Å². The first-order valence-corrected chi connectivity index (χ1v) is 9.49. The average Bonchev–Trinajstić information content (AvgIpc) is 2.76. The van der Waals surface area contributed by atoms with E-state index in [1.807, 2.05) is 10.9 Å². The molecular weight excluding hydrogens is 286 g/mol. The number of nitrogens with zero attached hydrogens (tertiary/aromatic N) is 2. The van der Waals surface area contributed by atoms with E-state index in [1.165, 1.54) is 5.56 Å². The van der Waals surface area contributed by atoms with Gasteiger partial charge in [-0.3, -0.25) is 4.68 Å². The Hall–Kier alpha value is -0.880. The van der Waals surface area contributed by atoms with Gasteiger partial charge in [-0.05, 0) is 27.2 Å². The molecule has 0 aromatic carbocycles. The van der Waals surface area contributed by atoms with Crippen molar-refractivity contribution in [2.24, 2.45) is 0 Å². The van der Waals surface area contributed by atoms with Crippen LogP contribution in [0.3, 0.4) is 0 Å². The van der Waals surface area contributed by atoms with Crippen LogP contribution in [0.15, 0.2) is 6.20 Å². The van der Waals surface area contributed by atoms with E-state index in [0.29, 0.717) is 6.54 Å². The molecule has 0 atom stereocenters. The van der Waals surface area contributed by atoms with Gasteiger partial charge >= 0.3 is 0 Å². The maximum atomic E-state index is 11.7. The molecule has 21 heavy (non-hydrogen) atoms. The molecule has 0 aliphatic heterocycles. The third kappa shape index (κ3) is 6.18. The Morgan fingerprint density at radius 1 is 1.29 bits per heavy atom. The van der Waals surface area contributed by atoms with Crippen LogP contribution in [-0.4, -0.2) is 35.2 Å². The molecule has 0 aliphatic rings. The molecule has 0 bridgehead atoms. The topological polar surface area (TPSA) is 64.0 Å². The summed E-state index contributed by atoms with van der Waals surface area (Å²) in [5.74, 6) is 0.351. The van der Waals surface area contributed by atoms with Gasteiger partial charge in [0.2, 0.25) is 0 Å². The third-order valence-corrected chi connectivity index (χ3v) is 5.07. The number of nitrogens with one attached hydrogen (secondary N) is 1. The molecule has 0 unspecified atom stereocenters. The lowest BCUT2D eigenvalue weighted by molar-refractivity contribution is 0.423. The highest BCUT2D eigenvalue weighted by Gasteiger charge is 2.15. The fourth-order valence-corrected chi connectivity index (χ4v) is 2.79. The second kappa shape index (κ2) is 7.40. The molecule has 1 aromatic heterocycles. The lowest BCUT2D eigenvalue weighted by Gasteiger charge is -2.20. The van der Waals surface area contributed by atoms with E-state index in [1.54, 1.807) is 6.92 Å². The molecule has 0 amide bonds. The van der Waals surface area contributed by atoms with Gasteiger partial charge in [-0.25, -0.2) is 8.42 Å². The molecule has 0 spiro atoms. The quantitative estimate of drug-likeness (QED) is 0.798.